The van der Waals surface area contributed by atoms with Gasteiger partial charge in [-0.05, 0) is 66.1 Å². The maximum absolute atomic E-state index is 6.24. The van der Waals surface area contributed by atoms with E-state index in [1.807, 2.05) is 6.07 Å². The topological polar surface area (TPSA) is 40.2 Å². The number of rotatable bonds is 5. The number of hydrogen-bond acceptors (Lipinski definition) is 5. The lowest BCUT2D eigenvalue weighted by Gasteiger charge is -2.27. The highest BCUT2D eigenvalue weighted by atomic mass is 16.7. The van der Waals surface area contributed by atoms with Crippen molar-refractivity contribution in [2.45, 2.75) is 25.7 Å². The van der Waals surface area contributed by atoms with Gasteiger partial charge in [-0.25, -0.2) is 0 Å². The van der Waals surface area contributed by atoms with Crippen LogP contribution in [0.1, 0.15) is 24.0 Å². The summed E-state index contributed by atoms with van der Waals surface area (Å²) in [5.41, 5.74) is 5.33. The van der Waals surface area contributed by atoms with Crippen LogP contribution < -0.4 is 14.2 Å². The van der Waals surface area contributed by atoms with E-state index in [-0.39, 0.29) is 0 Å². The van der Waals surface area contributed by atoms with Gasteiger partial charge in [0.05, 0.1) is 13.2 Å². The summed E-state index contributed by atoms with van der Waals surface area (Å²) in [6, 6.07) is 10.6. The molecule has 0 atom stereocenters. The predicted molar refractivity (Wildman–Crippen MR) is 107 cm³/mol. The largest absolute Gasteiger partial charge is 0.492 e. The second-order valence-electron chi connectivity index (χ2n) is 7.65. The van der Waals surface area contributed by atoms with Gasteiger partial charge in [-0.2, -0.15) is 0 Å². The van der Waals surface area contributed by atoms with Crippen LogP contribution in [-0.2, 0) is 17.6 Å². The smallest absolute Gasteiger partial charge is 0.231 e. The minimum Gasteiger partial charge on any atom is -0.492 e. The summed E-state index contributed by atoms with van der Waals surface area (Å²) < 4.78 is 22.7. The van der Waals surface area contributed by atoms with Gasteiger partial charge in [0.15, 0.2) is 11.5 Å². The Hall–Kier alpha value is -2.24. The van der Waals surface area contributed by atoms with Gasteiger partial charge in [-0.3, -0.25) is 4.90 Å². The molecule has 1 aliphatic carbocycles. The molecule has 5 nitrogen and oxygen atoms in total. The van der Waals surface area contributed by atoms with Gasteiger partial charge in [-0.1, -0.05) is 12.1 Å². The average Bonchev–Trinajstić information content (AvgIpc) is 3.22. The zero-order chi connectivity index (χ0) is 18.8. The Morgan fingerprint density at radius 3 is 2.61 bits per heavy atom. The van der Waals surface area contributed by atoms with Crippen LogP contribution in [0, 0.1) is 0 Å². The first kappa shape index (κ1) is 17.8. The first-order chi connectivity index (χ1) is 13.9. The molecule has 0 amide bonds. The highest BCUT2D eigenvalue weighted by molar-refractivity contribution is 5.73. The van der Waals surface area contributed by atoms with Crippen molar-refractivity contribution in [1.82, 2.24) is 4.90 Å². The van der Waals surface area contributed by atoms with Crippen molar-refractivity contribution < 1.29 is 18.9 Å². The normalized spacial score (nSPS) is 18.7. The summed E-state index contributed by atoms with van der Waals surface area (Å²) >= 11 is 0. The summed E-state index contributed by atoms with van der Waals surface area (Å²) in [6.45, 7) is 5.68. The van der Waals surface area contributed by atoms with Crippen molar-refractivity contribution in [3.05, 3.63) is 41.5 Å². The Morgan fingerprint density at radius 1 is 0.893 bits per heavy atom. The molecule has 0 N–H and O–H groups in total. The summed E-state index contributed by atoms with van der Waals surface area (Å²) in [6.07, 6.45) is 4.68. The first-order valence-electron chi connectivity index (χ1n) is 10.4. The molecule has 0 saturated carbocycles. The molecular formula is C23H27NO4. The second kappa shape index (κ2) is 8.02. The molecule has 3 aliphatic rings. The molecule has 148 valence electrons. The number of fused-ring (bicyclic) bond motifs is 2. The predicted octanol–water partition coefficient (Wildman–Crippen LogP) is 3.67. The molecular weight excluding hydrogens is 354 g/mol. The van der Waals surface area contributed by atoms with Gasteiger partial charge in [0.2, 0.25) is 6.79 Å². The number of nitrogens with zero attached hydrogens (tertiary/aromatic N) is 1. The Labute approximate surface area is 166 Å². The molecule has 2 aromatic rings. The van der Waals surface area contributed by atoms with Crippen LogP contribution in [0.25, 0.3) is 11.1 Å². The van der Waals surface area contributed by atoms with E-state index < -0.39 is 0 Å². The van der Waals surface area contributed by atoms with Crippen molar-refractivity contribution in [3.8, 4) is 28.4 Å². The van der Waals surface area contributed by atoms with E-state index in [9.17, 15) is 0 Å². The lowest BCUT2D eigenvalue weighted by Crippen LogP contribution is -2.38. The highest BCUT2D eigenvalue weighted by Crippen LogP contribution is 2.41. The van der Waals surface area contributed by atoms with Gasteiger partial charge in [0, 0.05) is 19.6 Å². The van der Waals surface area contributed by atoms with Gasteiger partial charge in [-0.15, -0.1) is 0 Å². The monoisotopic (exact) mass is 381 g/mol. The van der Waals surface area contributed by atoms with E-state index in [0.29, 0.717) is 6.79 Å². The second-order valence-corrected chi connectivity index (χ2v) is 7.65. The summed E-state index contributed by atoms with van der Waals surface area (Å²) in [7, 11) is 0. The van der Waals surface area contributed by atoms with E-state index in [1.165, 1.54) is 35.1 Å². The fraction of sp³-hybridized carbons (Fsp3) is 0.478. The van der Waals surface area contributed by atoms with E-state index in [1.54, 1.807) is 0 Å². The highest BCUT2D eigenvalue weighted by Gasteiger charge is 2.21. The van der Waals surface area contributed by atoms with Gasteiger partial charge in [0.25, 0.3) is 0 Å². The van der Waals surface area contributed by atoms with E-state index >= 15 is 0 Å². The maximum Gasteiger partial charge on any atom is 0.231 e. The average molecular weight is 381 g/mol. The third kappa shape index (κ3) is 3.56. The molecule has 5 rings (SSSR count). The van der Waals surface area contributed by atoms with Crippen molar-refractivity contribution >= 4 is 0 Å². The van der Waals surface area contributed by atoms with Crippen molar-refractivity contribution in [2.75, 3.05) is 46.2 Å². The maximum atomic E-state index is 6.24. The molecule has 0 unspecified atom stereocenters. The van der Waals surface area contributed by atoms with Gasteiger partial charge < -0.3 is 18.9 Å². The Kier molecular flexibility index (Phi) is 5.10. The molecule has 5 heteroatoms. The Bertz CT molecular complexity index is 845. The van der Waals surface area contributed by atoms with E-state index in [0.717, 1.165) is 69.5 Å². The SMILES string of the molecule is c1cc2c(cc1-c1ccc(OCCN3CCOCC3)c3c1CCCC3)OCO2. The molecule has 0 radical (unpaired) electrons. The fourth-order valence-corrected chi connectivity index (χ4v) is 4.41. The summed E-state index contributed by atoms with van der Waals surface area (Å²) in [5, 5.41) is 0. The first-order valence-corrected chi connectivity index (χ1v) is 10.4. The number of hydrogen-bond donors (Lipinski definition) is 0. The van der Waals surface area contributed by atoms with Gasteiger partial charge in [0.1, 0.15) is 12.4 Å². The standard InChI is InChI=1S/C23H27NO4/c1-2-4-20-19(3-1)18(17-5-7-22-23(15-17)28-16-27-22)6-8-21(20)26-14-11-24-9-12-25-13-10-24/h5-8,15H,1-4,9-14,16H2. The van der Waals surface area contributed by atoms with Crippen LogP contribution in [0.5, 0.6) is 17.2 Å². The zero-order valence-corrected chi connectivity index (χ0v) is 16.2. The van der Waals surface area contributed by atoms with Crippen LogP contribution in [-0.4, -0.2) is 51.1 Å². The van der Waals surface area contributed by atoms with Crippen LogP contribution in [0.15, 0.2) is 30.3 Å². The van der Waals surface area contributed by atoms with E-state index in [4.69, 9.17) is 18.9 Å². The van der Waals surface area contributed by atoms with Crippen molar-refractivity contribution in [1.29, 1.82) is 0 Å². The number of ether oxygens (including phenoxy) is 4. The Balaban J connectivity index is 1.37. The molecule has 2 aliphatic heterocycles. The lowest BCUT2D eigenvalue weighted by molar-refractivity contribution is 0.0322. The Morgan fingerprint density at radius 2 is 1.71 bits per heavy atom. The van der Waals surface area contributed by atoms with Crippen molar-refractivity contribution in [3.63, 3.8) is 0 Å². The zero-order valence-electron chi connectivity index (χ0n) is 16.2. The molecule has 1 saturated heterocycles. The minimum absolute atomic E-state index is 0.312. The molecule has 0 bridgehead atoms. The molecule has 28 heavy (non-hydrogen) atoms. The summed E-state index contributed by atoms with van der Waals surface area (Å²) in [4.78, 5) is 2.41. The summed E-state index contributed by atoms with van der Waals surface area (Å²) in [5.74, 6) is 2.74. The van der Waals surface area contributed by atoms with Gasteiger partial charge >= 0.3 is 0 Å². The lowest BCUT2D eigenvalue weighted by atomic mass is 9.85. The molecule has 2 heterocycles. The number of morpholine rings is 1. The third-order valence-corrected chi connectivity index (χ3v) is 5.94. The van der Waals surface area contributed by atoms with Crippen LogP contribution in [0.4, 0.5) is 0 Å². The fourth-order valence-electron chi connectivity index (χ4n) is 4.41. The van der Waals surface area contributed by atoms with E-state index in [2.05, 4.69) is 29.2 Å². The number of benzene rings is 2. The quantitative estimate of drug-likeness (QED) is 0.790. The van der Waals surface area contributed by atoms with Crippen LogP contribution in [0.3, 0.4) is 0 Å². The molecule has 0 spiro atoms. The molecule has 2 aromatic carbocycles. The minimum atomic E-state index is 0.312. The third-order valence-electron chi connectivity index (χ3n) is 5.94. The van der Waals surface area contributed by atoms with Crippen LogP contribution in [0.2, 0.25) is 0 Å². The molecule has 0 aromatic heterocycles. The molecule has 1 fully saturated rings. The van der Waals surface area contributed by atoms with Crippen molar-refractivity contribution in [2.24, 2.45) is 0 Å². The van der Waals surface area contributed by atoms with Crippen LogP contribution >= 0.6 is 0 Å².